The van der Waals surface area contributed by atoms with Crippen molar-refractivity contribution in [3.63, 3.8) is 0 Å². The fourth-order valence-corrected chi connectivity index (χ4v) is 7.65. The van der Waals surface area contributed by atoms with Crippen molar-refractivity contribution in [2.45, 2.75) is 82.6 Å². The van der Waals surface area contributed by atoms with E-state index in [0.29, 0.717) is 9.80 Å². The average Bonchev–Trinajstić information content (AvgIpc) is 3.34. The van der Waals surface area contributed by atoms with Gasteiger partial charge >= 0.3 is 48.3 Å². The topological polar surface area (TPSA) is 172 Å². The summed E-state index contributed by atoms with van der Waals surface area (Å²) in [5.74, 6) is -8.74. The van der Waals surface area contributed by atoms with E-state index in [4.69, 9.17) is 0 Å². The quantitative estimate of drug-likeness (QED) is 0.0278. The van der Waals surface area contributed by atoms with Gasteiger partial charge in [-0.15, -0.1) is 0 Å². The normalized spacial score (nSPS) is 12.0. The number of alkyl halides is 12. The second kappa shape index (κ2) is 31.4. The van der Waals surface area contributed by atoms with Crippen LogP contribution in [0.5, 0.6) is 0 Å². The number of hydrogen-bond acceptors (Lipinski definition) is 8. The number of rotatable bonds is 28. The Kier molecular flexibility index (Phi) is 27.1. The molecule has 0 aromatic heterocycles. The van der Waals surface area contributed by atoms with Gasteiger partial charge in [-0.1, -0.05) is 91.0 Å². The monoisotopic (exact) mass is 1100 g/mol. The third-order valence-corrected chi connectivity index (χ3v) is 10.9. The molecule has 26 heteroatoms. The van der Waals surface area contributed by atoms with Crippen molar-refractivity contribution in [1.29, 1.82) is 0 Å². The van der Waals surface area contributed by atoms with Crippen molar-refractivity contribution >= 4 is 35.4 Å². The van der Waals surface area contributed by atoms with Crippen LogP contribution in [0, 0.1) is 0 Å². The minimum absolute atomic E-state index is 0. The summed E-state index contributed by atoms with van der Waals surface area (Å²) in [5, 5.41) is 11.3. The second-order valence-corrected chi connectivity index (χ2v) is 16.7. The van der Waals surface area contributed by atoms with Crippen LogP contribution in [0.15, 0.2) is 91.0 Å². The molecule has 75 heavy (non-hydrogen) atoms. The molecule has 3 aromatic rings. The number of nitrogens with one attached hydrogen (secondary N) is 5. The Morgan fingerprint density at radius 2 is 0.680 bits per heavy atom. The molecule has 0 radical (unpaired) electrons. The van der Waals surface area contributed by atoms with Gasteiger partial charge in [0.25, 0.3) is 0 Å². The van der Waals surface area contributed by atoms with Crippen LogP contribution in [0.4, 0.5) is 52.7 Å². The van der Waals surface area contributed by atoms with Crippen molar-refractivity contribution in [2.24, 2.45) is 0 Å². The summed E-state index contributed by atoms with van der Waals surface area (Å²) < 4.78 is 153. The highest BCUT2D eigenvalue weighted by Gasteiger charge is 2.45. The number of amides is 6. The molecule has 6 amide bonds. The molecule has 0 atom stereocenters. The fourth-order valence-electron chi connectivity index (χ4n) is 7.65. The Hall–Kier alpha value is -6.44. The number of nitrogens with zero attached hydrogens (tertiary/aromatic N) is 3. The molecule has 0 aliphatic rings. The van der Waals surface area contributed by atoms with Gasteiger partial charge < -0.3 is 36.4 Å². The molecule has 0 saturated carbocycles. The Bertz CT molecular complexity index is 2130. The Labute approximate surface area is 433 Å². The predicted molar refractivity (Wildman–Crippen MR) is 263 cm³/mol. The molecule has 0 heterocycles. The lowest BCUT2D eigenvalue weighted by atomic mass is 9.75. The van der Waals surface area contributed by atoms with Gasteiger partial charge in [0.1, 0.15) is 0 Å². The van der Waals surface area contributed by atoms with Gasteiger partial charge in [-0.3, -0.25) is 33.7 Å². The largest absolute Gasteiger partial charge is 0.471 e. The van der Waals surface area contributed by atoms with Crippen LogP contribution in [0.3, 0.4) is 0 Å². The van der Waals surface area contributed by atoms with Crippen LogP contribution in [-0.2, 0) is 34.3 Å². The molecule has 0 saturated heterocycles. The van der Waals surface area contributed by atoms with E-state index >= 15 is 0 Å². The summed E-state index contributed by atoms with van der Waals surface area (Å²) in [6.07, 6.45) is -19.3. The van der Waals surface area contributed by atoms with Gasteiger partial charge in [0.15, 0.2) is 0 Å². The summed E-state index contributed by atoms with van der Waals surface area (Å²) in [7, 11) is 0. The van der Waals surface area contributed by atoms with E-state index in [1.807, 2.05) is 101 Å². The predicted octanol–water partition coefficient (Wildman–Crippen LogP) is 7.84. The van der Waals surface area contributed by atoms with Crippen molar-refractivity contribution in [1.82, 2.24) is 41.3 Å². The van der Waals surface area contributed by atoms with E-state index in [2.05, 4.69) is 16.0 Å². The van der Waals surface area contributed by atoms with Gasteiger partial charge in [0.05, 0.1) is 5.54 Å². The average molecular weight is 1100 g/mol. The van der Waals surface area contributed by atoms with E-state index in [1.54, 1.807) is 5.32 Å². The minimum Gasteiger partial charge on any atom is -0.356 e. The van der Waals surface area contributed by atoms with Crippen LogP contribution < -0.4 is 26.6 Å². The lowest BCUT2D eigenvalue weighted by Crippen LogP contribution is -2.50. The van der Waals surface area contributed by atoms with E-state index in [1.165, 1.54) is 13.8 Å². The summed E-state index contributed by atoms with van der Waals surface area (Å²) in [6, 6.07) is 28.0. The first-order valence-electron chi connectivity index (χ1n) is 23.7. The molecule has 0 spiro atoms. The summed E-state index contributed by atoms with van der Waals surface area (Å²) in [4.78, 5) is 71.1. The zero-order valence-corrected chi connectivity index (χ0v) is 41.2. The maximum Gasteiger partial charge on any atom is 0.471 e. The molecule has 0 unspecified atom stereocenters. The number of halogens is 12. The molecule has 3 aromatic carbocycles. The van der Waals surface area contributed by atoms with E-state index in [0.717, 1.165) is 16.7 Å². The highest BCUT2D eigenvalue weighted by molar-refractivity contribution is 5.83. The molecule has 0 bridgehead atoms. The van der Waals surface area contributed by atoms with E-state index < -0.39 is 53.9 Å². The van der Waals surface area contributed by atoms with E-state index in [9.17, 15) is 81.5 Å². The Morgan fingerprint density at radius 3 is 1.03 bits per heavy atom. The smallest absolute Gasteiger partial charge is 0.356 e. The number of benzene rings is 3. The minimum atomic E-state index is -5.10. The van der Waals surface area contributed by atoms with E-state index in [-0.39, 0.29) is 136 Å². The van der Waals surface area contributed by atoms with Crippen molar-refractivity contribution in [3.8, 4) is 0 Å². The number of carbonyl (C=O) groups excluding carboxylic acids is 6. The van der Waals surface area contributed by atoms with Crippen molar-refractivity contribution in [3.05, 3.63) is 108 Å². The second-order valence-electron chi connectivity index (χ2n) is 16.7. The maximum atomic E-state index is 13.5. The Morgan fingerprint density at radius 1 is 0.387 bits per heavy atom. The standard InChI is InChI=1S/C34H38F6N4O3.C15H24F6N4O3.5H2/c1-26(45)41-20-11-22-43(31(47)34(38,39)40)23-13-25-44(24-12-21-42-30(46)33(35,36)37)32(27-14-5-2-6-15-27,28-16-7-3-8-17-28)29-18-9-4-10-19-29;1-11(26)23-8-4-10-25(13(28)15(19,20)21)9-3-6-22-5-2-7-24-12(27)14(16,17)18;;;;;/h2-10,14-19H,11-13,20-25H2,1H3,(H,41,45)(H,42,46);22H,2-10H2,1H3,(H,23,26)(H,24,27);5*1H. The van der Waals surface area contributed by atoms with Gasteiger partial charge in [-0.25, -0.2) is 0 Å². The van der Waals surface area contributed by atoms with Gasteiger partial charge in [-0.05, 0) is 68.3 Å². The molecule has 0 fully saturated rings. The molecule has 14 nitrogen and oxygen atoms in total. The van der Waals surface area contributed by atoms with Crippen LogP contribution in [0.25, 0.3) is 0 Å². The zero-order valence-electron chi connectivity index (χ0n) is 41.2. The summed E-state index contributed by atoms with van der Waals surface area (Å²) in [5.41, 5.74) is 1.35. The SMILES string of the molecule is CC(=O)NCCCN(CCCN(CCCNC(=O)C(F)(F)F)C(c1ccccc1)(c1ccccc1)c1ccccc1)C(=O)C(F)(F)F.CC(=O)NCCCN(CCCNCCCNC(=O)C(F)(F)F)C(=O)C(F)(F)F.[HH].[HH].[HH].[HH].[HH]. The van der Waals surface area contributed by atoms with Gasteiger partial charge in [-0.2, -0.15) is 52.7 Å². The van der Waals surface area contributed by atoms with Crippen LogP contribution in [0.1, 0.15) is 76.2 Å². The molecule has 3 rings (SSSR count). The van der Waals surface area contributed by atoms with Crippen LogP contribution >= 0.6 is 0 Å². The first-order chi connectivity index (χ1) is 35.1. The molecular formula is C49H72F12N8O6. The number of hydrogen-bond donors (Lipinski definition) is 5. The number of carbonyl (C=O) groups is 6. The lowest BCUT2D eigenvalue weighted by Gasteiger charge is -2.46. The maximum absolute atomic E-state index is 13.5. The van der Waals surface area contributed by atoms with Crippen molar-refractivity contribution < 1.29 is 88.6 Å². The first kappa shape index (κ1) is 64.7. The molecule has 5 N–H and O–H groups in total. The molecular weight excluding hydrogens is 1020 g/mol. The fraction of sp³-hybridized carbons (Fsp3) is 0.510. The van der Waals surface area contributed by atoms with Gasteiger partial charge in [0.2, 0.25) is 11.8 Å². The summed E-state index contributed by atoms with van der Waals surface area (Å²) >= 11 is 0. The van der Waals surface area contributed by atoms with Crippen LogP contribution in [0.2, 0.25) is 0 Å². The third kappa shape index (κ3) is 23.3. The Balaban J connectivity index is -0.000000762. The lowest BCUT2D eigenvalue weighted by molar-refractivity contribution is -0.185. The van der Waals surface area contributed by atoms with Crippen LogP contribution in [-0.4, -0.2) is 153 Å². The highest BCUT2D eigenvalue weighted by Crippen LogP contribution is 2.42. The molecule has 0 aliphatic heterocycles. The highest BCUT2D eigenvalue weighted by atomic mass is 19.4. The molecule has 428 valence electrons. The van der Waals surface area contributed by atoms with Crippen molar-refractivity contribution in [2.75, 3.05) is 78.5 Å². The zero-order chi connectivity index (χ0) is 56.3. The first-order valence-corrected chi connectivity index (χ1v) is 23.7. The molecule has 0 aliphatic carbocycles. The third-order valence-electron chi connectivity index (χ3n) is 10.9. The van der Waals surface area contributed by atoms with Gasteiger partial charge in [0, 0.05) is 86.4 Å². The summed E-state index contributed by atoms with van der Waals surface area (Å²) in [6.45, 7) is 2.14.